The molecule has 0 aliphatic heterocycles. The second-order valence-corrected chi connectivity index (χ2v) is 7.21. The lowest BCUT2D eigenvalue weighted by molar-refractivity contribution is -0.0519. The zero-order chi connectivity index (χ0) is 18.0. The van der Waals surface area contributed by atoms with Crippen LogP contribution in [0.4, 0.5) is 26.3 Å². The number of allylic oxidation sites excluding steroid dienone is 4. The Labute approximate surface area is 122 Å². The minimum absolute atomic E-state index is 0.368. The van der Waals surface area contributed by atoms with Gasteiger partial charge in [0, 0.05) is 0 Å². The van der Waals surface area contributed by atoms with Crippen molar-refractivity contribution < 1.29 is 43.2 Å². The highest BCUT2D eigenvalue weighted by Gasteiger charge is 2.61. The van der Waals surface area contributed by atoms with Gasteiger partial charge in [-0.2, -0.15) is 43.2 Å². The molecule has 5 nitrogen and oxygen atoms in total. The summed E-state index contributed by atoms with van der Waals surface area (Å²) in [7, 11) is -13.7. The molecule has 0 aromatic heterocycles. The van der Waals surface area contributed by atoms with Gasteiger partial charge in [-0.1, -0.05) is 18.7 Å². The topological polar surface area (TPSA) is 71.5 Å². The van der Waals surface area contributed by atoms with Crippen molar-refractivity contribution in [1.29, 1.82) is 0 Å². The van der Waals surface area contributed by atoms with Gasteiger partial charge in [0.25, 0.3) is 0 Å². The van der Waals surface area contributed by atoms with Crippen molar-refractivity contribution in [2.75, 3.05) is 0 Å². The van der Waals surface area contributed by atoms with Crippen LogP contribution in [0.5, 0.6) is 0 Å². The maximum Gasteiger partial charge on any atom is 0.517 e. The first kappa shape index (κ1) is 20.5. The molecular formula is C9H9F6NO4S2. The van der Waals surface area contributed by atoms with Crippen molar-refractivity contribution >= 4 is 20.0 Å². The minimum atomic E-state index is -6.86. The Hall–Kier alpha value is -1.50. The van der Waals surface area contributed by atoms with Gasteiger partial charge in [-0.25, -0.2) is 0 Å². The molecule has 0 spiro atoms. The van der Waals surface area contributed by atoms with Crippen LogP contribution < -0.4 is 0 Å². The molecule has 0 aromatic carbocycles. The van der Waals surface area contributed by atoms with Gasteiger partial charge in [0.2, 0.25) is 0 Å². The van der Waals surface area contributed by atoms with Crippen molar-refractivity contribution in [3.63, 3.8) is 0 Å². The number of nitrogens with zero attached hydrogens (tertiary/aromatic N) is 1. The van der Waals surface area contributed by atoms with E-state index in [1.54, 1.807) is 0 Å². The third kappa shape index (κ3) is 3.82. The molecule has 0 saturated heterocycles. The van der Waals surface area contributed by atoms with E-state index < -0.39 is 40.5 Å². The Kier molecular flexibility index (Phi) is 5.89. The number of sulfonamides is 2. The van der Waals surface area contributed by atoms with Crippen LogP contribution in [0.25, 0.3) is 0 Å². The normalized spacial score (nSPS) is 15.1. The molecule has 0 radical (unpaired) electrons. The lowest BCUT2D eigenvalue weighted by Gasteiger charge is -2.26. The molecule has 0 fully saturated rings. The monoisotopic (exact) mass is 373 g/mol. The van der Waals surface area contributed by atoms with Crippen LogP contribution in [-0.2, 0) is 20.0 Å². The van der Waals surface area contributed by atoms with Gasteiger partial charge >= 0.3 is 31.1 Å². The van der Waals surface area contributed by atoms with E-state index in [-0.39, 0.29) is 0 Å². The summed E-state index contributed by atoms with van der Waals surface area (Å²) in [6, 6.07) is 0. The maximum absolute atomic E-state index is 12.5. The Balaban J connectivity index is 6.78. The number of rotatable bonds is 5. The average Bonchev–Trinajstić information content (AvgIpc) is 2.25. The highest BCUT2D eigenvalue weighted by atomic mass is 32.3. The zero-order valence-electron chi connectivity index (χ0n) is 10.7. The van der Waals surface area contributed by atoms with Crippen LogP contribution in [0.3, 0.4) is 0 Å². The highest BCUT2D eigenvalue weighted by Crippen LogP contribution is 2.38. The fourth-order valence-corrected chi connectivity index (χ4v) is 3.78. The number of hydrogen-bond acceptors (Lipinski definition) is 4. The van der Waals surface area contributed by atoms with Crippen molar-refractivity contribution in [1.82, 2.24) is 3.71 Å². The molecule has 0 rings (SSSR count). The summed E-state index contributed by atoms with van der Waals surface area (Å²) in [5.74, 6) is 0. The van der Waals surface area contributed by atoms with E-state index in [0.717, 1.165) is 13.0 Å². The van der Waals surface area contributed by atoms with E-state index in [1.807, 2.05) is 0 Å². The molecule has 0 amide bonds. The molecule has 128 valence electrons. The van der Waals surface area contributed by atoms with Gasteiger partial charge in [-0.3, -0.25) is 0 Å². The van der Waals surface area contributed by atoms with Crippen molar-refractivity contribution in [2.24, 2.45) is 0 Å². The van der Waals surface area contributed by atoms with Gasteiger partial charge in [0.05, 0.1) is 5.70 Å². The largest absolute Gasteiger partial charge is 0.517 e. The Morgan fingerprint density at radius 2 is 1.32 bits per heavy atom. The summed E-state index contributed by atoms with van der Waals surface area (Å²) >= 11 is 0. The van der Waals surface area contributed by atoms with Gasteiger partial charge in [0.1, 0.15) is 0 Å². The van der Waals surface area contributed by atoms with Crippen molar-refractivity contribution in [2.45, 2.75) is 17.9 Å². The molecule has 0 bridgehead atoms. The third-order valence-corrected chi connectivity index (χ3v) is 5.50. The zero-order valence-corrected chi connectivity index (χ0v) is 12.3. The predicted octanol–water partition coefficient (Wildman–Crippen LogP) is 2.63. The summed E-state index contributed by atoms with van der Waals surface area (Å²) in [5.41, 5.74) is -13.9. The molecule has 0 aromatic rings. The Bertz CT molecular complexity index is 641. The van der Waals surface area contributed by atoms with Gasteiger partial charge in [-0.05, 0) is 19.1 Å². The first-order valence-electron chi connectivity index (χ1n) is 5.03. The van der Waals surface area contributed by atoms with Crippen molar-refractivity contribution in [3.05, 3.63) is 36.6 Å². The first-order chi connectivity index (χ1) is 9.64. The lowest BCUT2D eigenvalue weighted by atomic mass is 10.4. The van der Waals surface area contributed by atoms with Crippen LogP contribution in [0, 0.1) is 0 Å². The van der Waals surface area contributed by atoms with Crippen molar-refractivity contribution in [3.8, 4) is 0 Å². The van der Waals surface area contributed by atoms with E-state index >= 15 is 0 Å². The minimum Gasteiger partial charge on any atom is -0.196 e. The Morgan fingerprint density at radius 1 is 0.955 bits per heavy atom. The first-order valence-corrected chi connectivity index (χ1v) is 7.91. The fraction of sp³-hybridized carbons (Fsp3) is 0.333. The summed E-state index contributed by atoms with van der Waals surface area (Å²) < 4.78 is 118. The van der Waals surface area contributed by atoms with E-state index in [4.69, 9.17) is 0 Å². The SMILES string of the molecule is C=C/C=C(\C=C/C)N(S(=O)(=O)C(F)(F)F)S(=O)(=O)C(F)(F)F. The fourth-order valence-electron chi connectivity index (χ4n) is 1.06. The second-order valence-electron chi connectivity index (χ2n) is 3.43. The van der Waals surface area contributed by atoms with Crippen LogP contribution >= 0.6 is 0 Å². The predicted molar refractivity (Wildman–Crippen MR) is 64.9 cm³/mol. The van der Waals surface area contributed by atoms with Crippen LogP contribution in [0.15, 0.2) is 36.6 Å². The van der Waals surface area contributed by atoms with E-state index in [1.165, 1.54) is 0 Å². The van der Waals surface area contributed by atoms with E-state index in [0.29, 0.717) is 18.2 Å². The highest BCUT2D eigenvalue weighted by molar-refractivity contribution is 8.05. The number of hydrogen-bond donors (Lipinski definition) is 0. The second kappa shape index (κ2) is 6.32. The standard InChI is InChI=1S/C9H9F6NO4S2/c1-3-5-7(6-4-2)16(21(17,18)8(10,11)12)22(19,20)9(13,14)15/h3-6H,1H2,2H3/b6-4-,7-5+. The third-order valence-electron chi connectivity index (χ3n) is 1.86. The lowest BCUT2D eigenvalue weighted by Crippen LogP contribution is -2.48. The van der Waals surface area contributed by atoms with Crippen LogP contribution in [0.1, 0.15) is 6.92 Å². The maximum atomic E-state index is 12.5. The summed E-state index contributed by atoms with van der Waals surface area (Å²) in [6.45, 7) is 4.09. The average molecular weight is 373 g/mol. The molecule has 13 heteroatoms. The molecule has 0 saturated carbocycles. The van der Waals surface area contributed by atoms with Crippen LogP contribution in [0.2, 0.25) is 0 Å². The summed E-state index contributed by atoms with van der Waals surface area (Å²) in [4.78, 5) is 0. The molecule has 22 heavy (non-hydrogen) atoms. The number of alkyl halides is 6. The summed E-state index contributed by atoms with van der Waals surface area (Å²) in [5, 5.41) is 0. The molecule has 0 unspecified atom stereocenters. The summed E-state index contributed by atoms with van der Waals surface area (Å²) in [6.07, 6.45) is 2.28. The molecular weight excluding hydrogens is 364 g/mol. The van der Waals surface area contributed by atoms with E-state index in [9.17, 15) is 43.2 Å². The quantitative estimate of drug-likeness (QED) is 0.549. The van der Waals surface area contributed by atoms with E-state index in [2.05, 4.69) is 6.58 Å². The van der Waals surface area contributed by atoms with Gasteiger partial charge < -0.3 is 0 Å². The van der Waals surface area contributed by atoms with Gasteiger partial charge in [-0.15, -0.1) is 3.71 Å². The van der Waals surface area contributed by atoms with Crippen LogP contribution in [-0.4, -0.2) is 31.6 Å². The molecule has 0 atom stereocenters. The molecule has 0 aliphatic carbocycles. The molecule has 0 N–H and O–H groups in total. The Morgan fingerprint density at radius 3 is 1.55 bits per heavy atom. The molecule has 0 aliphatic rings. The number of halogens is 6. The smallest absolute Gasteiger partial charge is 0.196 e. The molecule has 0 heterocycles. The van der Waals surface area contributed by atoms with Gasteiger partial charge in [0.15, 0.2) is 0 Å².